The summed E-state index contributed by atoms with van der Waals surface area (Å²) in [7, 11) is 3.13. The van der Waals surface area contributed by atoms with Crippen LogP contribution < -0.4 is 10.6 Å². The molecule has 0 saturated heterocycles. The Morgan fingerprint density at radius 2 is 1.81 bits per heavy atom. The van der Waals surface area contributed by atoms with E-state index in [2.05, 4.69) is 25.6 Å². The molecule has 0 radical (unpaired) electrons. The molecule has 36 heavy (non-hydrogen) atoms. The summed E-state index contributed by atoms with van der Waals surface area (Å²) >= 11 is 0. The number of methoxy groups -OCH3 is 1. The van der Waals surface area contributed by atoms with Crippen molar-refractivity contribution in [3.63, 3.8) is 0 Å². The molecule has 0 amide bonds. The first-order valence-electron chi connectivity index (χ1n) is 11.6. The van der Waals surface area contributed by atoms with Gasteiger partial charge in [-0.1, -0.05) is 30.3 Å². The molecule has 0 bridgehead atoms. The van der Waals surface area contributed by atoms with E-state index in [4.69, 9.17) is 10.1 Å². The number of hydrogen-bond acceptors (Lipinski definition) is 8. The largest absolute Gasteiger partial charge is 0.468 e. The Hall–Kier alpha value is -4.14. The molecule has 1 saturated carbocycles. The SMILES string of the molecule is CN/C(Nc1cncc(C(C)(C)F)n1)=C(\C=N)c1ccc(-c2ccc(C3(C(=O)OC)CC3)cc2)cn1. The minimum atomic E-state index is -1.63. The van der Waals surface area contributed by atoms with Crippen molar-refractivity contribution in [1.29, 1.82) is 5.41 Å². The van der Waals surface area contributed by atoms with Crippen molar-refractivity contribution in [2.45, 2.75) is 37.8 Å². The lowest BCUT2D eigenvalue weighted by atomic mass is 9.94. The number of benzene rings is 1. The van der Waals surface area contributed by atoms with Crippen LogP contribution in [0, 0.1) is 5.41 Å². The zero-order chi connectivity index (χ0) is 25.9. The Kier molecular flexibility index (Phi) is 6.83. The number of nitrogens with zero attached hydrogens (tertiary/aromatic N) is 3. The predicted molar refractivity (Wildman–Crippen MR) is 137 cm³/mol. The molecule has 0 unspecified atom stereocenters. The van der Waals surface area contributed by atoms with Crippen LogP contribution in [0.15, 0.2) is 60.8 Å². The number of allylic oxidation sites excluding steroid dienone is 1. The summed E-state index contributed by atoms with van der Waals surface area (Å²) in [6, 6.07) is 11.6. The van der Waals surface area contributed by atoms with E-state index < -0.39 is 11.1 Å². The van der Waals surface area contributed by atoms with Gasteiger partial charge in [0.15, 0.2) is 0 Å². The summed E-state index contributed by atoms with van der Waals surface area (Å²) in [5, 5.41) is 14.1. The van der Waals surface area contributed by atoms with Gasteiger partial charge in [-0.15, -0.1) is 0 Å². The molecule has 4 rings (SSSR count). The summed E-state index contributed by atoms with van der Waals surface area (Å²) in [5.74, 6) is 0.640. The summed E-state index contributed by atoms with van der Waals surface area (Å²) in [5.41, 5.74) is 1.97. The first-order chi connectivity index (χ1) is 17.2. The molecular formula is C27H29FN6O2. The average molecular weight is 489 g/mol. The monoisotopic (exact) mass is 488 g/mol. The fourth-order valence-corrected chi connectivity index (χ4v) is 4.02. The van der Waals surface area contributed by atoms with Crippen LogP contribution in [0.4, 0.5) is 10.2 Å². The molecule has 2 aromatic heterocycles. The number of carbonyl (C=O) groups is 1. The van der Waals surface area contributed by atoms with E-state index >= 15 is 0 Å². The fourth-order valence-electron chi connectivity index (χ4n) is 4.02. The van der Waals surface area contributed by atoms with Crippen LogP contribution in [0.25, 0.3) is 16.7 Å². The highest BCUT2D eigenvalue weighted by Gasteiger charge is 2.52. The van der Waals surface area contributed by atoms with E-state index in [1.807, 2.05) is 36.4 Å². The molecule has 1 aromatic carbocycles. The normalized spacial score (nSPS) is 14.9. The molecule has 0 spiro atoms. The van der Waals surface area contributed by atoms with Gasteiger partial charge < -0.3 is 20.8 Å². The maximum Gasteiger partial charge on any atom is 0.316 e. The second kappa shape index (κ2) is 9.85. The number of ether oxygens (including phenoxy) is 1. The van der Waals surface area contributed by atoms with Crippen molar-refractivity contribution in [1.82, 2.24) is 20.3 Å². The zero-order valence-electron chi connectivity index (χ0n) is 20.7. The minimum absolute atomic E-state index is 0.188. The second-order valence-electron chi connectivity index (χ2n) is 9.15. The van der Waals surface area contributed by atoms with E-state index in [0.29, 0.717) is 22.9 Å². The Balaban J connectivity index is 1.57. The first kappa shape index (κ1) is 25.0. The molecule has 186 valence electrons. The van der Waals surface area contributed by atoms with Gasteiger partial charge in [0.25, 0.3) is 0 Å². The van der Waals surface area contributed by atoms with Crippen LogP contribution >= 0.6 is 0 Å². The van der Waals surface area contributed by atoms with Gasteiger partial charge in [0, 0.05) is 25.0 Å². The topological polar surface area (TPSA) is 113 Å². The number of halogens is 1. The summed E-state index contributed by atoms with van der Waals surface area (Å²) in [6.07, 6.45) is 7.40. The Morgan fingerprint density at radius 3 is 2.33 bits per heavy atom. The van der Waals surface area contributed by atoms with Crippen LogP contribution in [-0.4, -0.2) is 41.3 Å². The number of anilines is 1. The van der Waals surface area contributed by atoms with Crippen molar-refractivity contribution < 1.29 is 13.9 Å². The number of carbonyl (C=O) groups excluding carboxylic acids is 1. The number of rotatable bonds is 9. The summed E-state index contributed by atoms with van der Waals surface area (Å²) in [6.45, 7) is 2.83. The number of hydrogen-bond donors (Lipinski definition) is 3. The second-order valence-corrected chi connectivity index (χ2v) is 9.15. The molecule has 2 heterocycles. The Labute approximate surface area is 209 Å². The molecule has 8 nitrogen and oxygen atoms in total. The van der Waals surface area contributed by atoms with Gasteiger partial charge in [0.1, 0.15) is 17.3 Å². The third-order valence-electron chi connectivity index (χ3n) is 6.30. The van der Waals surface area contributed by atoms with E-state index in [0.717, 1.165) is 29.5 Å². The summed E-state index contributed by atoms with van der Waals surface area (Å²) in [4.78, 5) is 25.1. The van der Waals surface area contributed by atoms with Crippen molar-refractivity contribution >= 4 is 23.6 Å². The van der Waals surface area contributed by atoms with Crippen molar-refractivity contribution in [3.05, 3.63) is 77.8 Å². The lowest BCUT2D eigenvalue weighted by molar-refractivity contribution is -0.143. The third-order valence-corrected chi connectivity index (χ3v) is 6.30. The van der Waals surface area contributed by atoms with Gasteiger partial charge in [-0.3, -0.25) is 14.8 Å². The predicted octanol–water partition coefficient (Wildman–Crippen LogP) is 4.60. The van der Waals surface area contributed by atoms with Gasteiger partial charge in [0.05, 0.1) is 41.9 Å². The van der Waals surface area contributed by atoms with Gasteiger partial charge in [0.2, 0.25) is 0 Å². The molecule has 3 N–H and O–H groups in total. The van der Waals surface area contributed by atoms with Gasteiger partial charge in [-0.2, -0.15) is 0 Å². The fraction of sp³-hybridized carbons (Fsp3) is 0.296. The highest BCUT2D eigenvalue weighted by molar-refractivity contribution is 6.09. The third kappa shape index (κ3) is 4.95. The van der Waals surface area contributed by atoms with Crippen molar-refractivity contribution in [2.75, 3.05) is 19.5 Å². The molecule has 1 aliphatic carbocycles. The number of alkyl halides is 1. The quantitative estimate of drug-likeness (QED) is 0.298. The molecule has 1 fully saturated rings. The summed E-state index contributed by atoms with van der Waals surface area (Å²) < 4.78 is 19.3. The first-order valence-corrected chi connectivity index (χ1v) is 11.6. The average Bonchev–Trinajstić information content (AvgIpc) is 3.70. The highest BCUT2D eigenvalue weighted by atomic mass is 19.1. The van der Waals surface area contributed by atoms with E-state index in [1.165, 1.54) is 39.6 Å². The number of nitrogens with one attached hydrogen (secondary N) is 3. The van der Waals surface area contributed by atoms with Crippen LogP contribution in [0.2, 0.25) is 0 Å². The Bertz CT molecular complexity index is 1290. The molecular weight excluding hydrogens is 459 g/mol. The molecule has 3 aromatic rings. The molecule has 0 atom stereocenters. The van der Waals surface area contributed by atoms with Crippen LogP contribution in [-0.2, 0) is 20.6 Å². The number of esters is 1. The smallest absolute Gasteiger partial charge is 0.316 e. The number of pyridine rings is 1. The minimum Gasteiger partial charge on any atom is -0.468 e. The highest BCUT2D eigenvalue weighted by Crippen LogP contribution is 2.49. The van der Waals surface area contributed by atoms with Gasteiger partial charge in [-0.05, 0) is 43.9 Å². The van der Waals surface area contributed by atoms with Crippen molar-refractivity contribution in [3.8, 4) is 11.1 Å². The lowest BCUT2D eigenvalue weighted by Gasteiger charge is -2.17. The molecule has 9 heteroatoms. The van der Waals surface area contributed by atoms with Gasteiger partial charge >= 0.3 is 5.97 Å². The molecule has 0 aliphatic heterocycles. The maximum absolute atomic E-state index is 14.3. The van der Waals surface area contributed by atoms with Crippen LogP contribution in [0.5, 0.6) is 0 Å². The van der Waals surface area contributed by atoms with E-state index in [-0.39, 0.29) is 11.7 Å². The van der Waals surface area contributed by atoms with E-state index in [9.17, 15) is 9.18 Å². The molecule has 1 aliphatic rings. The van der Waals surface area contributed by atoms with Gasteiger partial charge in [-0.25, -0.2) is 9.37 Å². The zero-order valence-corrected chi connectivity index (χ0v) is 20.7. The van der Waals surface area contributed by atoms with Crippen molar-refractivity contribution in [2.24, 2.45) is 0 Å². The van der Waals surface area contributed by atoms with Crippen LogP contribution in [0.1, 0.15) is 43.6 Å². The Morgan fingerprint density at radius 1 is 1.11 bits per heavy atom. The maximum atomic E-state index is 14.3. The van der Waals surface area contributed by atoms with Crippen LogP contribution in [0.3, 0.4) is 0 Å². The number of aromatic nitrogens is 3. The standard InChI is InChI=1S/C27H29FN6O2/c1-26(2,28)22-15-31-16-23(33-22)34-24(30-3)20(13-29)21-10-7-18(14-32-21)17-5-8-19(9-6-17)27(11-12-27)25(35)36-4/h5-10,13-16,29-30H,11-12H2,1-4H3,(H,33,34)/b24-20-,29-13?. The van der Waals surface area contributed by atoms with E-state index in [1.54, 1.807) is 13.2 Å². The lowest BCUT2D eigenvalue weighted by Crippen LogP contribution is -2.21.